The SMILES string of the molecule is CC(C)CC(NC(=O)C(CCCCN)NC(=O)C(CS)NC(=O)C(N)CC(N)=O)C(=O)O. The maximum Gasteiger partial charge on any atom is 0.326 e. The van der Waals surface area contributed by atoms with Gasteiger partial charge in [0.2, 0.25) is 23.6 Å². The van der Waals surface area contributed by atoms with Crippen LogP contribution in [-0.4, -0.2) is 71.2 Å². The number of nitrogens with one attached hydrogen (secondary N) is 3. The topological polar surface area (TPSA) is 220 Å². The molecule has 0 aliphatic carbocycles. The summed E-state index contributed by atoms with van der Waals surface area (Å²) in [5.74, 6) is -4.17. The highest BCUT2D eigenvalue weighted by Crippen LogP contribution is 2.08. The zero-order valence-corrected chi connectivity index (χ0v) is 19.4. The Bertz CT molecular complexity index is 662. The number of amides is 4. The monoisotopic (exact) mass is 476 g/mol. The Kier molecular flexibility index (Phi) is 14.3. The molecule has 12 nitrogen and oxygen atoms in total. The fourth-order valence-corrected chi connectivity index (χ4v) is 3.04. The number of nitrogens with two attached hydrogens (primary N) is 3. The molecule has 0 saturated carbocycles. The molecule has 4 amide bonds. The Morgan fingerprint density at radius 1 is 0.906 bits per heavy atom. The second-order valence-electron chi connectivity index (χ2n) is 7.90. The maximum atomic E-state index is 12.7. The Labute approximate surface area is 193 Å². The molecular formula is C19H36N6O6S. The van der Waals surface area contributed by atoms with Crippen LogP contribution in [0.1, 0.15) is 46.0 Å². The first kappa shape index (κ1) is 29.6. The van der Waals surface area contributed by atoms with Crippen molar-refractivity contribution in [1.29, 1.82) is 0 Å². The molecule has 0 aromatic carbocycles. The van der Waals surface area contributed by atoms with Crippen LogP contribution in [0.5, 0.6) is 0 Å². The van der Waals surface area contributed by atoms with Crippen molar-refractivity contribution >= 4 is 42.2 Å². The maximum absolute atomic E-state index is 12.7. The summed E-state index contributed by atoms with van der Waals surface area (Å²) >= 11 is 4.04. The van der Waals surface area contributed by atoms with Gasteiger partial charge in [-0.05, 0) is 38.1 Å². The molecule has 13 heteroatoms. The van der Waals surface area contributed by atoms with E-state index in [0.717, 1.165) is 0 Å². The summed E-state index contributed by atoms with van der Waals surface area (Å²) in [5.41, 5.74) is 16.1. The zero-order valence-electron chi connectivity index (χ0n) is 18.5. The summed E-state index contributed by atoms with van der Waals surface area (Å²) in [7, 11) is 0. The Hall–Kier alpha value is -2.38. The van der Waals surface area contributed by atoms with E-state index in [9.17, 15) is 29.1 Å². The van der Waals surface area contributed by atoms with Crippen LogP contribution in [0, 0.1) is 5.92 Å². The molecule has 4 atom stereocenters. The number of carboxylic acids is 1. The van der Waals surface area contributed by atoms with E-state index in [4.69, 9.17) is 17.2 Å². The van der Waals surface area contributed by atoms with Gasteiger partial charge in [-0.25, -0.2) is 4.79 Å². The van der Waals surface area contributed by atoms with E-state index in [0.29, 0.717) is 19.4 Å². The second-order valence-corrected chi connectivity index (χ2v) is 8.26. The summed E-state index contributed by atoms with van der Waals surface area (Å²) in [6.07, 6.45) is 1.15. The molecule has 0 aromatic heterocycles. The van der Waals surface area contributed by atoms with Crippen molar-refractivity contribution in [2.45, 2.75) is 70.1 Å². The molecule has 0 spiro atoms. The van der Waals surface area contributed by atoms with Crippen molar-refractivity contribution in [3.8, 4) is 0 Å². The van der Waals surface area contributed by atoms with E-state index >= 15 is 0 Å². The molecule has 184 valence electrons. The van der Waals surface area contributed by atoms with Crippen LogP contribution in [-0.2, 0) is 24.0 Å². The average molecular weight is 477 g/mol. The molecular weight excluding hydrogens is 440 g/mol. The van der Waals surface area contributed by atoms with E-state index in [1.165, 1.54) is 0 Å². The minimum Gasteiger partial charge on any atom is -0.480 e. The summed E-state index contributed by atoms with van der Waals surface area (Å²) in [4.78, 5) is 59.9. The van der Waals surface area contributed by atoms with Crippen LogP contribution in [0.4, 0.5) is 0 Å². The number of thiol groups is 1. The minimum atomic E-state index is -1.24. The van der Waals surface area contributed by atoms with Gasteiger partial charge in [0.05, 0.1) is 12.5 Å². The molecule has 0 aliphatic heterocycles. The molecule has 0 saturated heterocycles. The molecule has 0 heterocycles. The predicted molar refractivity (Wildman–Crippen MR) is 121 cm³/mol. The van der Waals surface area contributed by atoms with Gasteiger partial charge in [-0.2, -0.15) is 12.6 Å². The number of hydrogen-bond donors (Lipinski definition) is 8. The number of primary amides is 1. The van der Waals surface area contributed by atoms with Crippen LogP contribution >= 0.6 is 12.6 Å². The van der Waals surface area contributed by atoms with Gasteiger partial charge in [0.25, 0.3) is 0 Å². The van der Waals surface area contributed by atoms with Crippen molar-refractivity contribution in [2.75, 3.05) is 12.3 Å². The van der Waals surface area contributed by atoms with E-state index in [-0.39, 0.29) is 24.5 Å². The van der Waals surface area contributed by atoms with Crippen LogP contribution in [0.2, 0.25) is 0 Å². The Morgan fingerprint density at radius 3 is 1.91 bits per heavy atom. The molecule has 0 radical (unpaired) electrons. The lowest BCUT2D eigenvalue weighted by atomic mass is 10.0. The number of carboxylic acid groups (broad SMARTS) is 1. The van der Waals surface area contributed by atoms with Gasteiger partial charge < -0.3 is 38.3 Å². The largest absolute Gasteiger partial charge is 0.480 e. The summed E-state index contributed by atoms with van der Waals surface area (Å²) < 4.78 is 0. The lowest BCUT2D eigenvalue weighted by Crippen LogP contribution is -2.57. The van der Waals surface area contributed by atoms with E-state index in [1.54, 1.807) is 0 Å². The molecule has 0 aliphatic rings. The summed E-state index contributed by atoms with van der Waals surface area (Å²) in [6, 6.07) is -4.52. The molecule has 4 unspecified atom stereocenters. The molecule has 0 bridgehead atoms. The van der Waals surface area contributed by atoms with Crippen molar-refractivity contribution in [3.05, 3.63) is 0 Å². The fourth-order valence-electron chi connectivity index (χ4n) is 2.78. The van der Waals surface area contributed by atoms with Crippen LogP contribution in [0.15, 0.2) is 0 Å². The summed E-state index contributed by atoms with van der Waals surface area (Å²) in [6.45, 7) is 4.04. The first-order valence-electron chi connectivity index (χ1n) is 10.4. The van der Waals surface area contributed by atoms with E-state index < -0.39 is 60.2 Å². The van der Waals surface area contributed by atoms with E-state index in [1.807, 2.05) is 13.8 Å². The molecule has 10 N–H and O–H groups in total. The van der Waals surface area contributed by atoms with Gasteiger partial charge in [0.15, 0.2) is 0 Å². The quantitative estimate of drug-likeness (QED) is 0.0902. The highest BCUT2D eigenvalue weighted by atomic mass is 32.1. The Balaban J connectivity index is 5.28. The number of aliphatic carboxylic acids is 1. The third-order valence-corrected chi connectivity index (χ3v) is 4.84. The third-order valence-electron chi connectivity index (χ3n) is 4.48. The summed E-state index contributed by atoms with van der Waals surface area (Å²) in [5, 5.41) is 16.7. The predicted octanol–water partition coefficient (Wildman–Crippen LogP) is -2.17. The third kappa shape index (κ3) is 11.9. The van der Waals surface area contributed by atoms with Crippen molar-refractivity contribution < 1.29 is 29.1 Å². The molecule has 0 fully saturated rings. The Morgan fingerprint density at radius 2 is 1.44 bits per heavy atom. The zero-order chi connectivity index (χ0) is 24.8. The minimum absolute atomic E-state index is 0.0232. The van der Waals surface area contributed by atoms with Gasteiger partial charge in [-0.15, -0.1) is 0 Å². The highest BCUT2D eigenvalue weighted by molar-refractivity contribution is 7.80. The van der Waals surface area contributed by atoms with Gasteiger partial charge >= 0.3 is 5.97 Å². The second kappa shape index (κ2) is 15.4. The van der Waals surface area contributed by atoms with Gasteiger partial charge in [0.1, 0.15) is 18.1 Å². The number of carbonyl (C=O) groups excluding carboxylic acids is 4. The van der Waals surface area contributed by atoms with Crippen LogP contribution < -0.4 is 33.2 Å². The number of hydrogen-bond acceptors (Lipinski definition) is 8. The molecule has 0 aromatic rings. The van der Waals surface area contributed by atoms with Crippen molar-refractivity contribution in [1.82, 2.24) is 16.0 Å². The van der Waals surface area contributed by atoms with Crippen molar-refractivity contribution in [3.63, 3.8) is 0 Å². The molecule has 0 rings (SSSR count). The first-order chi connectivity index (χ1) is 14.9. The van der Waals surface area contributed by atoms with Crippen LogP contribution in [0.3, 0.4) is 0 Å². The van der Waals surface area contributed by atoms with Gasteiger partial charge in [-0.3, -0.25) is 19.2 Å². The average Bonchev–Trinajstić information content (AvgIpc) is 2.69. The van der Waals surface area contributed by atoms with Crippen LogP contribution in [0.25, 0.3) is 0 Å². The molecule has 32 heavy (non-hydrogen) atoms. The lowest BCUT2D eigenvalue weighted by Gasteiger charge is -2.25. The normalized spacial score (nSPS) is 14.7. The fraction of sp³-hybridized carbons (Fsp3) is 0.737. The first-order valence-corrected chi connectivity index (χ1v) is 11.0. The number of unbranched alkanes of at least 4 members (excludes halogenated alkanes) is 1. The van der Waals surface area contributed by atoms with Gasteiger partial charge in [0, 0.05) is 5.75 Å². The lowest BCUT2D eigenvalue weighted by molar-refractivity contribution is -0.142. The smallest absolute Gasteiger partial charge is 0.326 e. The van der Waals surface area contributed by atoms with Gasteiger partial charge in [-0.1, -0.05) is 13.8 Å². The highest BCUT2D eigenvalue weighted by Gasteiger charge is 2.30. The number of rotatable bonds is 16. The number of carbonyl (C=O) groups is 5. The van der Waals surface area contributed by atoms with E-state index in [2.05, 4.69) is 28.6 Å². The standard InChI is InChI=1S/C19H36N6O6S/c1-10(2)7-13(19(30)31)24-17(28)12(5-3-4-6-20)23-18(29)14(9-32)25-16(27)11(21)8-15(22)26/h10-14,32H,3-9,20-21H2,1-2H3,(H2,22,26)(H,23,29)(H,24,28)(H,25,27)(H,30,31). The van der Waals surface area contributed by atoms with Crippen molar-refractivity contribution in [2.24, 2.45) is 23.1 Å².